The van der Waals surface area contributed by atoms with Crippen LogP contribution in [0, 0.1) is 0 Å². The predicted octanol–water partition coefficient (Wildman–Crippen LogP) is 2.59. The number of hydrogen-bond acceptors (Lipinski definition) is 21. The van der Waals surface area contributed by atoms with E-state index >= 15 is 0 Å². The fourth-order valence-corrected chi connectivity index (χ4v) is 11.2. The van der Waals surface area contributed by atoms with Crippen LogP contribution in [-0.4, -0.2) is 158 Å². The Morgan fingerprint density at radius 1 is 0.747 bits per heavy atom. The monoisotopic (exact) mass is 1160 g/mol. The maximum Gasteiger partial charge on any atom is 0.501 e. The third-order valence-corrected chi connectivity index (χ3v) is 15.5. The number of hydrogen-bond donors (Lipinski definition) is 5. The Bertz CT molecular complexity index is 3550. The average molecular weight is 1160 g/mol. The van der Waals surface area contributed by atoms with E-state index in [0.29, 0.717) is 40.8 Å². The van der Waals surface area contributed by atoms with Crippen LogP contribution in [-0.2, 0) is 68.4 Å². The highest BCUT2D eigenvalue weighted by Gasteiger charge is 2.45. The second kappa shape index (κ2) is 22.6. The van der Waals surface area contributed by atoms with E-state index in [0.717, 1.165) is 34.9 Å². The Morgan fingerprint density at radius 3 is 2.05 bits per heavy atom. The smallest absolute Gasteiger partial charge is 0.493 e. The molecule has 0 bridgehead atoms. The van der Waals surface area contributed by atoms with Gasteiger partial charge in [0.2, 0.25) is 6.29 Å². The summed E-state index contributed by atoms with van der Waals surface area (Å²) in [6.45, 7) is 2.70. The second-order valence-corrected chi connectivity index (χ2v) is 21.9. The molecule has 5 aliphatic rings. The number of amides is 3. The Kier molecular flexibility index (Phi) is 15.3. The third kappa shape index (κ3) is 11.2. The van der Waals surface area contributed by atoms with Crippen molar-refractivity contribution in [2.45, 2.75) is 102 Å². The standard InChI is InChI=1S/C56H59N9O17S/c1-28(2)61-53(70)31-7-8-42(79-56-52(69)51(68)50(67)48(23-66)80-56)47(12-31)82-83(73,74)81-34-10-29(24-77-45-13-32-19-58-49-18-41-39(60-27-63(41)4)22-65(49)54(71)35(32)15-43(45)75-5)9-30(11-34)25-78-46-17-37-36(16-44(46)76-6)55(72)64-21-38-40(62(3)26-59-38)14-33(64)20-57-37/h7-13,15-17,19-20,26-28,33,48-52,56,66-69H,14,18,21-25H2,1-6H3,(H,61,70)/t33-,48+,49-,50-,51-,52+,56?/m0/s1. The fourth-order valence-electron chi connectivity index (χ4n) is 10.5. The molecular weight excluding hydrogens is 1100 g/mol. The molecule has 0 aliphatic carbocycles. The number of ether oxygens (including phenoxy) is 6. The van der Waals surface area contributed by atoms with E-state index in [4.69, 9.17) is 46.8 Å². The first kappa shape index (κ1) is 56.3. The number of aromatic nitrogens is 4. The summed E-state index contributed by atoms with van der Waals surface area (Å²) < 4.78 is 79.0. The lowest BCUT2D eigenvalue weighted by Gasteiger charge is -2.39. The minimum Gasteiger partial charge on any atom is -0.493 e. The molecule has 3 amide bonds. The van der Waals surface area contributed by atoms with Crippen molar-refractivity contribution in [3.8, 4) is 40.2 Å². The summed E-state index contributed by atoms with van der Waals surface area (Å²) in [6, 6.07) is 13.5. The lowest BCUT2D eigenvalue weighted by molar-refractivity contribution is -0.277. The van der Waals surface area contributed by atoms with Crippen molar-refractivity contribution in [2.75, 3.05) is 20.8 Å². The molecule has 0 radical (unpaired) electrons. The number of aliphatic hydroxyl groups is 4. The molecule has 7 atom stereocenters. The predicted molar refractivity (Wildman–Crippen MR) is 292 cm³/mol. The molecule has 11 rings (SSSR count). The second-order valence-electron chi connectivity index (χ2n) is 20.7. The molecule has 6 aromatic rings. The van der Waals surface area contributed by atoms with E-state index in [1.165, 1.54) is 32.4 Å². The average Bonchev–Trinajstić information content (AvgIpc) is 3.37. The zero-order chi connectivity index (χ0) is 58.6. The molecule has 7 heterocycles. The van der Waals surface area contributed by atoms with Gasteiger partial charge in [-0.25, -0.2) is 9.97 Å². The van der Waals surface area contributed by atoms with E-state index in [1.807, 2.05) is 23.2 Å². The van der Waals surface area contributed by atoms with E-state index < -0.39 is 71.3 Å². The molecule has 26 nitrogen and oxygen atoms in total. The highest BCUT2D eigenvalue weighted by molar-refractivity contribution is 7.82. The maximum atomic E-state index is 14.2. The molecule has 1 fully saturated rings. The number of rotatable bonds is 17. The van der Waals surface area contributed by atoms with Crippen molar-refractivity contribution in [3.63, 3.8) is 0 Å². The summed E-state index contributed by atoms with van der Waals surface area (Å²) >= 11 is 0. The lowest BCUT2D eigenvalue weighted by atomic mass is 9.99. The van der Waals surface area contributed by atoms with Gasteiger partial charge in [0.1, 0.15) is 49.5 Å². The number of benzene rings is 4. The molecule has 436 valence electrons. The lowest BCUT2D eigenvalue weighted by Crippen LogP contribution is -2.60. The minimum atomic E-state index is -5.22. The van der Waals surface area contributed by atoms with Crippen LogP contribution in [0.4, 0.5) is 5.69 Å². The molecule has 4 aromatic carbocycles. The van der Waals surface area contributed by atoms with Gasteiger partial charge in [0.05, 0.1) is 80.8 Å². The van der Waals surface area contributed by atoms with Gasteiger partial charge in [-0.05, 0) is 79.6 Å². The highest BCUT2D eigenvalue weighted by Crippen LogP contribution is 2.41. The number of nitrogens with zero attached hydrogens (tertiary/aromatic N) is 8. The van der Waals surface area contributed by atoms with E-state index in [2.05, 4.69) is 15.3 Å². The van der Waals surface area contributed by atoms with Crippen LogP contribution < -0.4 is 37.4 Å². The van der Waals surface area contributed by atoms with Crippen LogP contribution >= 0.6 is 0 Å². The van der Waals surface area contributed by atoms with Gasteiger partial charge in [-0.15, -0.1) is 8.42 Å². The molecule has 1 unspecified atom stereocenters. The van der Waals surface area contributed by atoms with Crippen LogP contribution in [0.1, 0.15) is 84.4 Å². The molecule has 2 aromatic heterocycles. The van der Waals surface area contributed by atoms with Gasteiger partial charge in [-0.2, -0.15) is 0 Å². The number of methoxy groups -OCH3 is 2. The number of carbonyl (C=O) groups is 3. The van der Waals surface area contributed by atoms with Gasteiger partial charge in [0.25, 0.3) is 17.7 Å². The number of carbonyl (C=O) groups excluding carboxylic acids is 3. The zero-order valence-electron chi connectivity index (χ0n) is 45.7. The topological polar surface area (TPSA) is 319 Å². The van der Waals surface area contributed by atoms with Crippen LogP contribution in [0.25, 0.3) is 0 Å². The molecule has 0 spiro atoms. The number of aliphatic imine (C=N–C) groups is 2. The van der Waals surface area contributed by atoms with Gasteiger partial charge < -0.3 is 81.5 Å². The zero-order valence-corrected chi connectivity index (χ0v) is 46.5. The van der Waals surface area contributed by atoms with Gasteiger partial charge in [0, 0.05) is 74.0 Å². The molecule has 0 saturated carbocycles. The van der Waals surface area contributed by atoms with Gasteiger partial charge >= 0.3 is 10.4 Å². The first-order valence-electron chi connectivity index (χ1n) is 26.3. The fraction of sp³-hybridized carbons (Fsp3) is 0.375. The highest BCUT2D eigenvalue weighted by atomic mass is 32.3. The van der Waals surface area contributed by atoms with Gasteiger partial charge in [-0.1, -0.05) is 0 Å². The Morgan fingerprint density at radius 2 is 1.39 bits per heavy atom. The first-order valence-corrected chi connectivity index (χ1v) is 27.7. The van der Waals surface area contributed by atoms with Crippen molar-refractivity contribution in [1.82, 2.24) is 34.2 Å². The van der Waals surface area contributed by atoms with Crippen molar-refractivity contribution in [2.24, 2.45) is 24.1 Å². The Labute approximate surface area is 475 Å². The van der Waals surface area contributed by atoms with Crippen molar-refractivity contribution in [1.29, 1.82) is 0 Å². The summed E-state index contributed by atoms with van der Waals surface area (Å²) in [6.07, 6.45) is -1.37. The molecule has 83 heavy (non-hydrogen) atoms. The summed E-state index contributed by atoms with van der Waals surface area (Å²) in [5, 5.41) is 44.2. The quantitative estimate of drug-likeness (QED) is 0.0876. The largest absolute Gasteiger partial charge is 0.501 e. The van der Waals surface area contributed by atoms with E-state index in [1.54, 1.807) is 79.1 Å². The number of aryl methyl sites for hydroxylation is 2. The summed E-state index contributed by atoms with van der Waals surface area (Å²) in [4.78, 5) is 63.3. The molecular formula is C56H59N9O17S. The van der Waals surface area contributed by atoms with Gasteiger partial charge in [0.15, 0.2) is 34.5 Å². The van der Waals surface area contributed by atoms with Crippen LogP contribution in [0.2, 0.25) is 0 Å². The SMILES string of the molecule is COc1cc2c(cc1OCc1cc(COc3cc4c(cc3OC)C(=O)N3Cc5ncn(C)c5C[C@H]3C=N4)cc(OS(=O)(=O)Oc3cc(C(=O)NC(C)C)ccc3OC3O[C@H](CO)[C@H](O)[C@H](O)[C@H]3O)c1)C=N[C@@H]1Cc3c(ncn3C)CN1C2=O. The summed E-state index contributed by atoms with van der Waals surface area (Å²) in [5.41, 5.74) is 5.54. The van der Waals surface area contributed by atoms with Crippen LogP contribution in [0.15, 0.2) is 83.3 Å². The molecule has 5 N–H and O–H groups in total. The number of aliphatic hydroxyl groups excluding tert-OH is 4. The van der Waals surface area contributed by atoms with Crippen LogP contribution in [0.3, 0.4) is 0 Å². The number of imidazole rings is 2. The normalized spacial score (nSPS) is 21.6. The Balaban J connectivity index is 0.900. The van der Waals surface area contributed by atoms with Gasteiger partial charge in [-0.3, -0.25) is 24.4 Å². The molecule has 27 heteroatoms. The molecule has 1 saturated heterocycles. The minimum absolute atomic E-state index is 0.0757. The Hall–Kier alpha value is -8.60. The summed E-state index contributed by atoms with van der Waals surface area (Å²) in [7, 11) is 1.42. The third-order valence-electron chi connectivity index (χ3n) is 14.8. The number of fused-ring (bicyclic) bond motifs is 6. The summed E-state index contributed by atoms with van der Waals surface area (Å²) in [5.74, 6) is -1.70. The van der Waals surface area contributed by atoms with Crippen molar-refractivity contribution < 1.29 is 80.0 Å². The van der Waals surface area contributed by atoms with Crippen LogP contribution in [0.5, 0.6) is 40.2 Å². The molecule has 5 aliphatic heterocycles. The maximum absolute atomic E-state index is 14.2. The number of nitrogens with one attached hydrogen (secondary N) is 1. The first-order chi connectivity index (χ1) is 39.8. The van der Waals surface area contributed by atoms with E-state index in [9.17, 15) is 43.2 Å². The van der Waals surface area contributed by atoms with Crippen molar-refractivity contribution >= 4 is 46.2 Å². The van der Waals surface area contributed by atoms with E-state index in [-0.39, 0.29) is 90.1 Å². The van der Waals surface area contributed by atoms with Crippen molar-refractivity contribution in [3.05, 3.63) is 129 Å².